The minimum Gasteiger partial charge on any atom is -0.338 e. The summed E-state index contributed by atoms with van der Waals surface area (Å²) in [6.07, 6.45) is 7.20. The van der Waals surface area contributed by atoms with Crippen LogP contribution in [-0.4, -0.2) is 36.7 Å². The molecule has 0 aliphatic heterocycles. The van der Waals surface area contributed by atoms with Crippen LogP contribution in [0.1, 0.15) is 12.5 Å². The van der Waals surface area contributed by atoms with E-state index in [0.29, 0.717) is 5.65 Å². The Morgan fingerprint density at radius 3 is 2.77 bits per heavy atom. The van der Waals surface area contributed by atoms with Crippen molar-refractivity contribution in [2.75, 3.05) is 6.54 Å². The van der Waals surface area contributed by atoms with Gasteiger partial charge in [-0.3, -0.25) is 15.1 Å². The van der Waals surface area contributed by atoms with Gasteiger partial charge in [0.05, 0.1) is 23.1 Å². The molecule has 0 spiro atoms. The topological polar surface area (TPSA) is 95.2 Å². The van der Waals surface area contributed by atoms with E-state index in [2.05, 4.69) is 48.4 Å². The van der Waals surface area contributed by atoms with Gasteiger partial charge in [0.25, 0.3) is 0 Å². The molecule has 6 aromatic rings. The predicted molar refractivity (Wildman–Crippen MR) is 135 cm³/mol. The van der Waals surface area contributed by atoms with Crippen molar-refractivity contribution in [2.24, 2.45) is 0 Å². The minimum atomic E-state index is -0.273. The van der Waals surface area contributed by atoms with Gasteiger partial charge in [-0.2, -0.15) is 5.10 Å². The van der Waals surface area contributed by atoms with Crippen LogP contribution < -0.4 is 5.32 Å². The minimum absolute atomic E-state index is 0.273. The fourth-order valence-corrected chi connectivity index (χ4v) is 4.34. The van der Waals surface area contributed by atoms with Crippen LogP contribution in [0.2, 0.25) is 0 Å². The van der Waals surface area contributed by atoms with Gasteiger partial charge >= 0.3 is 0 Å². The van der Waals surface area contributed by atoms with E-state index in [9.17, 15) is 4.39 Å². The predicted octanol–water partition coefficient (Wildman–Crippen LogP) is 5.48. The lowest BCUT2D eigenvalue weighted by Gasteiger charge is -2.05. The molecule has 0 atom stereocenters. The van der Waals surface area contributed by atoms with Crippen molar-refractivity contribution in [1.29, 1.82) is 0 Å². The first-order valence-corrected chi connectivity index (χ1v) is 11.4. The Morgan fingerprint density at radius 2 is 1.89 bits per heavy atom. The number of nitrogens with zero attached hydrogens (tertiary/aromatic N) is 4. The number of nitrogens with one attached hydrogen (secondary N) is 3. The summed E-state index contributed by atoms with van der Waals surface area (Å²) in [5.74, 6) is -0.273. The van der Waals surface area contributed by atoms with Gasteiger partial charge in [0.2, 0.25) is 0 Å². The average molecular weight is 464 g/mol. The molecule has 0 radical (unpaired) electrons. The summed E-state index contributed by atoms with van der Waals surface area (Å²) in [5, 5.41) is 12.8. The largest absolute Gasteiger partial charge is 0.338 e. The quantitative estimate of drug-likeness (QED) is 0.304. The van der Waals surface area contributed by atoms with E-state index in [-0.39, 0.29) is 5.82 Å². The fourth-order valence-electron chi connectivity index (χ4n) is 4.34. The lowest BCUT2D eigenvalue weighted by Crippen LogP contribution is -2.11. The summed E-state index contributed by atoms with van der Waals surface area (Å²) >= 11 is 0. The van der Waals surface area contributed by atoms with Crippen LogP contribution in [0.25, 0.3) is 55.7 Å². The number of H-pyrrole nitrogens is 2. The van der Waals surface area contributed by atoms with E-state index in [0.717, 1.165) is 68.7 Å². The Labute approximate surface area is 200 Å². The Morgan fingerprint density at radius 1 is 0.943 bits per heavy atom. The first-order valence-electron chi connectivity index (χ1n) is 11.4. The van der Waals surface area contributed by atoms with Gasteiger partial charge in [-0.15, -0.1) is 0 Å². The highest BCUT2D eigenvalue weighted by molar-refractivity contribution is 6.00. The van der Waals surface area contributed by atoms with Gasteiger partial charge in [-0.25, -0.2) is 9.37 Å². The number of hydrogen-bond donors (Lipinski definition) is 3. The Balaban J connectivity index is 1.44. The molecular weight excluding hydrogens is 441 g/mol. The number of benzene rings is 1. The van der Waals surface area contributed by atoms with Crippen molar-refractivity contribution in [3.05, 3.63) is 84.7 Å². The van der Waals surface area contributed by atoms with Gasteiger partial charge in [-0.05, 0) is 59.6 Å². The molecule has 1 aromatic carbocycles. The third-order valence-corrected chi connectivity index (χ3v) is 6.04. The maximum absolute atomic E-state index is 13.9. The molecule has 0 unspecified atom stereocenters. The third kappa shape index (κ3) is 3.94. The molecule has 8 heteroatoms. The molecule has 0 saturated carbocycles. The van der Waals surface area contributed by atoms with Crippen molar-refractivity contribution < 1.29 is 4.39 Å². The maximum Gasteiger partial charge on any atom is 0.138 e. The van der Waals surface area contributed by atoms with E-state index in [1.165, 1.54) is 12.1 Å². The van der Waals surface area contributed by atoms with Gasteiger partial charge in [0, 0.05) is 41.5 Å². The molecule has 5 heterocycles. The van der Waals surface area contributed by atoms with Crippen LogP contribution in [-0.2, 0) is 6.54 Å². The van der Waals surface area contributed by atoms with Crippen molar-refractivity contribution in [1.82, 2.24) is 35.5 Å². The summed E-state index contributed by atoms with van der Waals surface area (Å²) in [4.78, 5) is 16.9. The highest BCUT2D eigenvalue weighted by Gasteiger charge is 2.15. The van der Waals surface area contributed by atoms with Crippen LogP contribution in [0, 0.1) is 5.82 Å². The number of pyridine rings is 3. The van der Waals surface area contributed by atoms with Crippen molar-refractivity contribution in [2.45, 2.75) is 13.5 Å². The van der Waals surface area contributed by atoms with E-state index < -0.39 is 0 Å². The van der Waals surface area contributed by atoms with Gasteiger partial charge < -0.3 is 10.3 Å². The molecular formula is C27H22FN7. The zero-order chi connectivity index (χ0) is 23.8. The molecule has 0 fully saturated rings. The fraction of sp³-hybridized carbons (Fsp3) is 0.111. The molecule has 0 aliphatic carbocycles. The summed E-state index contributed by atoms with van der Waals surface area (Å²) < 4.78 is 13.9. The molecule has 0 aliphatic rings. The van der Waals surface area contributed by atoms with Gasteiger partial charge in [0.1, 0.15) is 17.2 Å². The number of halogens is 1. The first kappa shape index (κ1) is 21.1. The normalized spacial score (nSPS) is 11.5. The lowest BCUT2D eigenvalue weighted by molar-refractivity contribution is 0.628. The number of aromatic amines is 2. The van der Waals surface area contributed by atoms with Crippen LogP contribution >= 0.6 is 0 Å². The molecule has 6 rings (SSSR count). The van der Waals surface area contributed by atoms with Crippen LogP contribution in [0.5, 0.6) is 0 Å². The molecule has 0 bridgehead atoms. The van der Waals surface area contributed by atoms with Crippen molar-refractivity contribution in [3.8, 4) is 33.8 Å². The maximum atomic E-state index is 13.9. The molecule has 3 N–H and O–H groups in total. The number of rotatable bonds is 6. The Kier molecular flexibility index (Phi) is 5.27. The summed E-state index contributed by atoms with van der Waals surface area (Å²) in [6.45, 7) is 3.73. The van der Waals surface area contributed by atoms with E-state index in [1.54, 1.807) is 18.5 Å². The highest BCUT2D eigenvalue weighted by atomic mass is 19.1. The number of aromatic nitrogens is 6. The average Bonchev–Trinajstić information content (AvgIpc) is 3.51. The molecule has 7 nitrogen and oxygen atoms in total. The smallest absolute Gasteiger partial charge is 0.138 e. The molecule has 0 amide bonds. The first-order chi connectivity index (χ1) is 17.2. The van der Waals surface area contributed by atoms with Gasteiger partial charge in [0.15, 0.2) is 0 Å². The van der Waals surface area contributed by atoms with Crippen LogP contribution in [0.4, 0.5) is 4.39 Å². The zero-order valence-electron chi connectivity index (χ0n) is 19.0. The number of hydrogen-bond acceptors (Lipinski definition) is 5. The molecule has 35 heavy (non-hydrogen) atoms. The molecule has 0 saturated heterocycles. The van der Waals surface area contributed by atoms with E-state index in [1.807, 2.05) is 36.7 Å². The van der Waals surface area contributed by atoms with Crippen LogP contribution in [0.3, 0.4) is 0 Å². The Bertz CT molecular complexity index is 1670. The number of fused-ring (bicyclic) bond motifs is 2. The van der Waals surface area contributed by atoms with Gasteiger partial charge in [-0.1, -0.05) is 19.1 Å². The summed E-state index contributed by atoms with van der Waals surface area (Å²) in [6, 6.07) is 14.6. The monoisotopic (exact) mass is 463 g/mol. The molecule has 5 aromatic heterocycles. The second kappa shape index (κ2) is 8.73. The van der Waals surface area contributed by atoms with Crippen molar-refractivity contribution in [3.63, 3.8) is 0 Å². The zero-order valence-corrected chi connectivity index (χ0v) is 19.0. The van der Waals surface area contributed by atoms with Crippen LogP contribution in [0.15, 0.2) is 73.3 Å². The Hall–Kier alpha value is -4.43. The lowest BCUT2D eigenvalue weighted by atomic mass is 10.0. The highest BCUT2D eigenvalue weighted by Crippen LogP contribution is 2.34. The molecule has 172 valence electrons. The standard InChI is InChI=1S/C27H22FN7/c1-2-29-12-16-8-18(14-30-13-16)23-11-22-25(15-32-23)34-35-26(22)24-10-21-20(6-7-31-27(21)33-24)17-4-3-5-19(28)9-17/h3-11,13-15,29H,2,12H2,1H3,(H,31,33)(H,34,35). The van der Waals surface area contributed by atoms with E-state index in [4.69, 9.17) is 0 Å². The van der Waals surface area contributed by atoms with E-state index >= 15 is 0 Å². The van der Waals surface area contributed by atoms with Crippen molar-refractivity contribution >= 4 is 21.9 Å². The summed E-state index contributed by atoms with van der Waals surface area (Å²) in [5.41, 5.74) is 7.70. The SMILES string of the molecule is CCNCc1cncc(-c2cc3c(-c4cc5c(-c6cccc(F)c6)ccnc5[nH]4)n[nH]c3cn2)c1. The summed E-state index contributed by atoms with van der Waals surface area (Å²) in [7, 11) is 0. The third-order valence-electron chi connectivity index (χ3n) is 6.04. The second-order valence-corrected chi connectivity index (χ2v) is 8.36. The second-order valence-electron chi connectivity index (χ2n) is 8.36.